The van der Waals surface area contributed by atoms with Gasteiger partial charge in [0.2, 0.25) is 0 Å². The van der Waals surface area contributed by atoms with Gasteiger partial charge in [-0.3, -0.25) is 4.79 Å². The Bertz CT molecular complexity index is 966. The van der Waals surface area contributed by atoms with Crippen molar-refractivity contribution >= 4 is 23.2 Å². The smallest absolute Gasteiger partial charge is 0.446 e. The van der Waals surface area contributed by atoms with Crippen LogP contribution in [0.2, 0.25) is 0 Å². The van der Waals surface area contributed by atoms with Crippen LogP contribution < -0.4 is 14.2 Å². The Labute approximate surface area is 182 Å². The summed E-state index contributed by atoms with van der Waals surface area (Å²) in [5, 5.41) is 0. The van der Waals surface area contributed by atoms with Crippen molar-refractivity contribution in [3.05, 3.63) is 53.6 Å². The maximum Gasteiger partial charge on any atom is 0.446 e. The molecule has 0 aromatic heterocycles. The van der Waals surface area contributed by atoms with Crippen molar-refractivity contribution in [1.29, 1.82) is 0 Å². The molecule has 0 spiro atoms. The number of methoxy groups -OCH3 is 3. The molecule has 1 heterocycles. The van der Waals surface area contributed by atoms with Crippen molar-refractivity contribution in [3.63, 3.8) is 0 Å². The average Bonchev–Trinajstić information content (AvgIpc) is 2.77. The number of hydrogen-bond donors (Lipinski definition) is 0. The van der Waals surface area contributed by atoms with E-state index in [1.807, 2.05) is 6.08 Å². The number of hydrogen-bond acceptors (Lipinski definition) is 5. The van der Waals surface area contributed by atoms with E-state index in [9.17, 15) is 18.0 Å². The fourth-order valence-corrected chi connectivity index (χ4v) is 4.09. The third-order valence-corrected chi connectivity index (χ3v) is 5.68. The first-order valence-electron chi connectivity index (χ1n) is 9.41. The second kappa shape index (κ2) is 9.55. The van der Waals surface area contributed by atoms with Gasteiger partial charge in [-0.15, -0.1) is 0 Å². The molecule has 0 saturated carbocycles. The molecule has 0 saturated heterocycles. The zero-order valence-corrected chi connectivity index (χ0v) is 18.1. The summed E-state index contributed by atoms with van der Waals surface area (Å²) >= 11 is -0.277. The van der Waals surface area contributed by atoms with Crippen LogP contribution in [0.5, 0.6) is 17.2 Å². The molecule has 5 nitrogen and oxygen atoms in total. The van der Waals surface area contributed by atoms with E-state index >= 15 is 0 Å². The number of nitrogens with zero attached hydrogens (tertiary/aromatic N) is 1. The molecule has 2 aromatic rings. The summed E-state index contributed by atoms with van der Waals surface area (Å²) in [5.74, 6) is 1.31. The first-order chi connectivity index (χ1) is 14.8. The molecule has 9 heteroatoms. The van der Waals surface area contributed by atoms with Gasteiger partial charge in [-0.05, 0) is 35.9 Å². The van der Waals surface area contributed by atoms with Gasteiger partial charge in [-0.1, -0.05) is 18.2 Å². The highest BCUT2D eigenvalue weighted by Gasteiger charge is 2.32. The van der Waals surface area contributed by atoms with Crippen molar-refractivity contribution < 1.29 is 32.2 Å². The summed E-state index contributed by atoms with van der Waals surface area (Å²) in [7, 11) is 4.64. The third-order valence-electron chi connectivity index (χ3n) is 4.88. The van der Waals surface area contributed by atoms with E-state index in [2.05, 4.69) is 0 Å². The van der Waals surface area contributed by atoms with Crippen LogP contribution in [0.15, 0.2) is 47.4 Å². The first kappa shape index (κ1) is 22.9. The largest absolute Gasteiger partial charge is 0.496 e. The highest BCUT2D eigenvalue weighted by atomic mass is 32.2. The number of rotatable bonds is 6. The average molecular weight is 453 g/mol. The lowest BCUT2D eigenvalue weighted by atomic mass is 9.96. The van der Waals surface area contributed by atoms with Crippen molar-refractivity contribution in [1.82, 2.24) is 4.90 Å². The lowest BCUT2D eigenvalue weighted by Crippen LogP contribution is -2.35. The fourth-order valence-electron chi connectivity index (χ4n) is 3.43. The Kier molecular flexibility index (Phi) is 7.04. The number of carbonyl (C=O) groups excluding carboxylic acids is 1. The second-order valence-electron chi connectivity index (χ2n) is 6.68. The standard InChI is InChI=1S/C22H22F3NO4S/c1-28-15-12-17(29-2)20(18(13-15)30-3)14-8-10-26(11-9-14)21(27)16-6-4-5-7-19(16)31-22(23,24)25/h4-8,12-13H,9-11H2,1-3H3. The van der Waals surface area contributed by atoms with E-state index in [0.717, 1.165) is 11.1 Å². The van der Waals surface area contributed by atoms with E-state index in [-0.39, 0.29) is 28.8 Å². The molecule has 2 aromatic carbocycles. The Balaban J connectivity index is 1.86. The van der Waals surface area contributed by atoms with Gasteiger partial charge in [-0.2, -0.15) is 13.2 Å². The first-order valence-corrected chi connectivity index (χ1v) is 10.2. The van der Waals surface area contributed by atoms with Crippen LogP contribution in [0, 0.1) is 0 Å². The second-order valence-corrected chi connectivity index (χ2v) is 7.79. The van der Waals surface area contributed by atoms with Crippen LogP contribution in [-0.2, 0) is 0 Å². The quantitative estimate of drug-likeness (QED) is 0.559. The fraction of sp³-hybridized carbons (Fsp3) is 0.318. The Hall–Kier alpha value is -2.81. The van der Waals surface area contributed by atoms with E-state index < -0.39 is 11.4 Å². The summed E-state index contributed by atoms with van der Waals surface area (Å²) in [4.78, 5) is 14.4. The molecular formula is C22H22F3NO4S. The molecule has 0 fully saturated rings. The highest BCUT2D eigenvalue weighted by molar-refractivity contribution is 8.00. The number of thioether (sulfide) groups is 1. The van der Waals surface area contributed by atoms with E-state index in [1.54, 1.807) is 39.5 Å². The summed E-state index contributed by atoms with van der Waals surface area (Å²) in [6.07, 6.45) is 2.37. The van der Waals surface area contributed by atoms with Crippen molar-refractivity contribution in [2.45, 2.75) is 16.8 Å². The molecule has 0 bridgehead atoms. The SMILES string of the molecule is COc1cc(OC)c(C2=CCN(C(=O)c3ccccc3SC(F)(F)F)CC2)c(OC)c1. The van der Waals surface area contributed by atoms with E-state index in [1.165, 1.54) is 23.1 Å². The molecule has 3 rings (SSSR count). The van der Waals surface area contributed by atoms with Gasteiger partial charge >= 0.3 is 5.51 Å². The Morgan fingerprint density at radius 2 is 1.68 bits per heavy atom. The minimum Gasteiger partial charge on any atom is -0.496 e. The van der Waals surface area contributed by atoms with Crippen LogP contribution in [0.25, 0.3) is 5.57 Å². The predicted octanol–water partition coefficient (Wildman–Crippen LogP) is 5.25. The van der Waals surface area contributed by atoms with Crippen molar-refractivity contribution in [3.8, 4) is 17.2 Å². The van der Waals surface area contributed by atoms with Crippen LogP contribution in [0.4, 0.5) is 13.2 Å². The van der Waals surface area contributed by atoms with Crippen LogP contribution in [0.1, 0.15) is 22.3 Å². The highest BCUT2D eigenvalue weighted by Crippen LogP contribution is 2.42. The summed E-state index contributed by atoms with van der Waals surface area (Å²) in [6, 6.07) is 9.28. The van der Waals surface area contributed by atoms with Gasteiger partial charge in [0.15, 0.2) is 0 Å². The maximum absolute atomic E-state index is 12.9. The zero-order chi connectivity index (χ0) is 22.6. The minimum atomic E-state index is -4.47. The molecule has 0 N–H and O–H groups in total. The van der Waals surface area contributed by atoms with Crippen molar-refractivity contribution in [2.75, 3.05) is 34.4 Å². The minimum absolute atomic E-state index is 0.0429. The number of halogens is 3. The molecule has 0 unspecified atom stereocenters. The van der Waals surface area contributed by atoms with Crippen LogP contribution in [0.3, 0.4) is 0 Å². The number of carbonyl (C=O) groups is 1. The molecule has 1 aliphatic rings. The Morgan fingerprint density at radius 3 is 2.19 bits per heavy atom. The van der Waals surface area contributed by atoms with Crippen LogP contribution in [-0.4, -0.2) is 50.7 Å². The number of ether oxygens (including phenoxy) is 3. The molecule has 31 heavy (non-hydrogen) atoms. The molecule has 166 valence electrons. The summed E-state index contributed by atoms with van der Waals surface area (Å²) < 4.78 is 54.8. The molecule has 0 radical (unpaired) electrons. The van der Waals surface area contributed by atoms with Gasteiger partial charge in [0, 0.05) is 30.1 Å². The van der Waals surface area contributed by atoms with Gasteiger partial charge < -0.3 is 19.1 Å². The molecule has 1 aliphatic heterocycles. The van der Waals surface area contributed by atoms with Gasteiger partial charge in [0.1, 0.15) is 17.2 Å². The van der Waals surface area contributed by atoms with Crippen LogP contribution >= 0.6 is 11.8 Å². The predicted molar refractivity (Wildman–Crippen MR) is 113 cm³/mol. The topological polar surface area (TPSA) is 48.0 Å². The molecule has 0 aliphatic carbocycles. The summed E-state index contributed by atoms with van der Waals surface area (Å²) in [6.45, 7) is 0.617. The van der Waals surface area contributed by atoms with Gasteiger partial charge in [0.25, 0.3) is 5.91 Å². The number of alkyl halides is 3. The van der Waals surface area contributed by atoms with Gasteiger partial charge in [0.05, 0.1) is 32.5 Å². The lowest BCUT2D eigenvalue weighted by molar-refractivity contribution is -0.0328. The Morgan fingerprint density at radius 1 is 1.03 bits per heavy atom. The van der Waals surface area contributed by atoms with Crippen molar-refractivity contribution in [2.24, 2.45) is 0 Å². The third kappa shape index (κ3) is 5.28. The maximum atomic E-state index is 12.9. The molecule has 0 atom stereocenters. The lowest BCUT2D eigenvalue weighted by Gasteiger charge is -2.28. The number of benzene rings is 2. The number of amides is 1. The molecular weight excluding hydrogens is 431 g/mol. The van der Waals surface area contributed by atoms with Gasteiger partial charge in [-0.25, -0.2) is 0 Å². The monoisotopic (exact) mass is 453 g/mol. The van der Waals surface area contributed by atoms with E-state index in [4.69, 9.17) is 14.2 Å². The molecule has 1 amide bonds. The summed E-state index contributed by atoms with van der Waals surface area (Å²) in [5.41, 5.74) is -2.72. The van der Waals surface area contributed by atoms with E-state index in [0.29, 0.717) is 30.2 Å². The normalized spacial score (nSPS) is 14.1. The zero-order valence-electron chi connectivity index (χ0n) is 17.3.